The molecular weight excluding hydrogens is 342 g/mol. The Balaban J connectivity index is 2.12. The summed E-state index contributed by atoms with van der Waals surface area (Å²) in [4.78, 5) is 37.8. The van der Waals surface area contributed by atoms with Crippen LogP contribution < -0.4 is 20.7 Å². The normalized spacial score (nSPS) is 10.7. The molecule has 0 spiro atoms. The van der Waals surface area contributed by atoms with E-state index in [1.807, 2.05) is 0 Å². The molecular formula is C17H15N3O6. The number of fused-ring (bicyclic) bond motifs is 1. The van der Waals surface area contributed by atoms with Crippen LogP contribution in [0.4, 0.5) is 5.69 Å². The number of hydrogen-bond acceptors (Lipinski definition) is 6. The Morgan fingerprint density at radius 1 is 1.08 bits per heavy atom. The van der Waals surface area contributed by atoms with Gasteiger partial charge >= 0.3 is 5.69 Å². The average Bonchev–Trinajstić information content (AvgIpc) is 2.64. The van der Waals surface area contributed by atoms with Crippen LogP contribution in [-0.2, 0) is 6.54 Å². The molecule has 0 bridgehead atoms. The first-order chi connectivity index (χ1) is 12.4. The van der Waals surface area contributed by atoms with Crippen molar-refractivity contribution in [2.75, 3.05) is 14.2 Å². The van der Waals surface area contributed by atoms with E-state index in [-0.39, 0.29) is 23.1 Å². The molecule has 1 aromatic heterocycles. The molecule has 1 N–H and O–H groups in total. The highest BCUT2D eigenvalue weighted by atomic mass is 16.6. The summed E-state index contributed by atoms with van der Waals surface area (Å²) in [5.41, 5.74) is -0.554. The van der Waals surface area contributed by atoms with Crippen molar-refractivity contribution in [1.82, 2.24) is 9.55 Å². The Morgan fingerprint density at radius 3 is 2.46 bits per heavy atom. The zero-order valence-electron chi connectivity index (χ0n) is 14.0. The molecule has 0 saturated carbocycles. The molecule has 0 atom stereocenters. The molecule has 1 heterocycles. The Labute approximate surface area is 146 Å². The highest BCUT2D eigenvalue weighted by molar-refractivity contribution is 5.79. The minimum Gasteiger partial charge on any atom is -0.493 e. The largest absolute Gasteiger partial charge is 0.493 e. The second kappa shape index (κ2) is 6.71. The van der Waals surface area contributed by atoms with Crippen molar-refractivity contribution in [3.05, 3.63) is 72.9 Å². The summed E-state index contributed by atoms with van der Waals surface area (Å²) in [5, 5.41) is 11.0. The molecule has 3 aromatic rings. The molecule has 26 heavy (non-hydrogen) atoms. The lowest BCUT2D eigenvalue weighted by atomic mass is 10.2. The average molecular weight is 357 g/mol. The summed E-state index contributed by atoms with van der Waals surface area (Å²) in [7, 11) is 2.98. The third kappa shape index (κ3) is 3.02. The Morgan fingerprint density at radius 2 is 1.81 bits per heavy atom. The second-order valence-corrected chi connectivity index (χ2v) is 5.50. The number of H-pyrrole nitrogens is 1. The van der Waals surface area contributed by atoms with Crippen LogP contribution in [0.3, 0.4) is 0 Å². The number of nitrogens with zero attached hydrogens (tertiary/aromatic N) is 2. The lowest BCUT2D eigenvalue weighted by Gasteiger charge is -2.11. The van der Waals surface area contributed by atoms with Gasteiger partial charge in [-0.05, 0) is 23.8 Å². The van der Waals surface area contributed by atoms with E-state index in [1.165, 1.54) is 26.4 Å². The van der Waals surface area contributed by atoms with Crippen LogP contribution in [0.1, 0.15) is 5.56 Å². The first-order valence-corrected chi connectivity index (χ1v) is 7.56. The predicted molar refractivity (Wildman–Crippen MR) is 94.1 cm³/mol. The summed E-state index contributed by atoms with van der Waals surface area (Å²) in [6.07, 6.45) is 0. The molecule has 134 valence electrons. The minimum atomic E-state index is -0.609. The Kier molecular flexibility index (Phi) is 4.44. The monoisotopic (exact) mass is 357 g/mol. The van der Waals surface area contributed by atoms with Gasteiger partial charge in [-0.25, -0.2) is 4.79 Å². The van der Waals surface area contributed by atoms with Crippen molar-refractivity contribution in [2.45, 2.75) is 6.54 Å². The number of non-ortho nitro benzene ring substituents is 1. The van der Waals surface area contributed by atoms with Gasteiger partial charge in [0.15, 0.2) is 11.5 Å². The first kappa shape index (κ1) is 17.2. The van der Waals surface area contributed by atoms with Crippen molar-refractivity contribution in [3.8, 4) is 11.5 Å². The quantitative estimate of drug-likeness (QED) is 0.548. The molecule has 0 radical (unpaired) electrons. The number of aromatic amines is 1. The molecule has 0 unspecified atom stereocenters. The topological polar surface area (TPSA) is 116 Å². The zero-order chi connectivity index (χ0) is 18.8. The summed E-state index contributed by atoms with van der Waals surface area (Å²) in [6.45, 7) is -0.0207. The Hall–Kier alpha value is -3.62. The molecule has 2 aromatic carbocycles. The molecule has 3 rings (SSSR count). The fourth-order valence-corrected chi connectivity index (χ4v) is 2.66. The number of ether oxygens (including phenoxy) is 2. The molecule has 9 heteroatoms. The number of rotatable bonds is 5. The number of aromatic nitrogens is 2. The fraction of sp³-hybridized carbons (Fsp3) is 0.176. The number of nitro groups is 1. The van der Waals surface area contributed by atoms with Gasteiger partial charge in [-0.15, -0.1) is 0 Å². The van der Waals surface area contributed by atoms with Gasteiger partial charge in [0.25, 0.3) is 11.2 Å². The smallest absolute Gasteiger partial charge is 0.329 e. The summed E-state index contributed by atoms with van der Waals surface area (Å²) in [5.74, 6) is 0.984. The lowest BCUT2D eigenvalue weighted by Crippen LogP contribution is -2.35. The number of nitro benzene ring substituents is 1. The van der Waals surface area contributed by atoms with Crippen molar-refractivity contribution < 1.29 is 14.4 Å². The van der Waals surface area contributed by atoms with Crippen molar-refractivity contribution in [1.29, 1.82) is 0 Å². The van der Waals surface area contributed by atoms with E-state index in [0.717, 1.165) is 10.6 Å². The van der Waals surface area contributed by atoms with Gasteiger partial charge in [0.05, 0.1) is 36.6 Å². The van der Waals surface area contributed by atoms with Gasteiger partial charge in [-0.1, -0.05) is 6.07 Å². The SMILES string of the molecule is COc1ccc(Cn2c(=O)[nH]c3ccc([N+](=O)[O-])cc3c2=O)cc1OC. The maximum absolute atomic E-state index is 12.7. The molecule has 9 nitrogen and oxygen atoms in total. The molecule has 0 fully saturated rings. The second-order valence-electron chi connectivity index (χ2n) is 5.50. The van der Waals surface area contributed by atoms with Crippen molar-refractivity contribution in [3.63, 3.8) is 0 Å². The first-order valence-electron chi connectivity index (χ1n) is 7.56. The number of methoxy groups -OCH3 is 2. The van der Waals surface area contributed by atoms with Gasteiger partial charge in [0.2, 0.25) is 0 Å². The molecule has 0 amide bonds. The van der Waals surface area contributed by atoms with E-state index in [9.17, 15) is 19.7 Å². The van der Waals surface area contributed by atoms with Crippen molar-refractivity contribution in [2.24, 2.45) is 0 Å². The van der Waals surface area contributed by atoms with E-state index in [2.05, 4.69) is 4.98 Å². The van der Waals surface area contributed by atoms with Crippen LogP contribution in [0.5, 0.6) is 11.5 Å². The van der Waals surface area contributed by atoms with Gasteiger partial charge < -0.3 is 14.5 Å². The van der Waals surface area contributed by atoms with Crippen LogP contribution in [0.2, 0.25) is 0 Å². The Bertz CT molecular complexity index is 1120. The van der Waals surface area contributed by atoms with Gasteiger partial charge in [-0.3, -0.25) is 19.5 Å². The van der Waals surface area contributed by atoms with E-state index in [0.29, 0.717) is 17.1 Å². The highest BCUT2D eigenvalue weighted by Gasteiger charge is 2.13. The highest BCUT2D eigenvalue weighted by Crippen LogP contribution is 2.27. The van der Waals surface area contributed by atoms with Crippen LogP contribution in [-0.4, -0.2) is 28.7 Å². The third-order valence-electron chi connectivity index (χ3n) is 3.96. The minimum absolute atomic E-state index is 0.0207. The molecule has 0 aliphatic rings. The third-order valence-corrected chi connectivity index (χ3v) is 3.96. The maximum atomic E-state index is 12.7. The lowest BCUT2D eigenvalue weighted by molar-refractivity contribution is -0.384. The van der Waals surface area contributed by atoms with E-state index in [4.69, 9.17) is 9.47 Å². The predicted octanol–water partition coefficient (Wildman–Crippen LogP) is 1.66. The maximum Gasteiger partial charge on any atom is 0.329 e. The van der Waals surface area contributed by atoms with E-state index in [1.54, 1.807) is 18.2 Å². The van der Waals surface area contributed by atoms with Crippen LogP contribution in [0, 0.1) is 10.1 Å². The summed E-state index contributed by atoms with van der Waals surface area (Å²) in [6, 6.07) is 8.75. The fourth-order valence-electron chi connectivity index (χ4n) is 2.66. The van der Waals surface area contributed by atoms with Gasteiger partial charge in [0.1, 0.15) is 0 Å². The molecule has 0 aliphatic carbocycles. The standard InChI is InChI=1S/C17H15N3O6/c1-25-14-6-3-10(7-15(14)26-2)9-19-16(21)12-8-11(20(23)24)4-5-13(12)18-17(19)22/h3-8H,9H2,1-2H3,(H,18,22). The molecule has 0 saturated heterocycles. The van der Waals surface area contributed by atoms with E-state index < -0.39 is 16.2 Å². The van der Waals surface area contributed by atoms with Crippen LogP contribution >= 0.6 is 0 Å². The number of nitrogens with one attached hydrogen (secondary N) is 1. The zero-order valence-corrected chi connectivity index (χ0v) is 14.0. The number of hydrogen-bond donors (Lipinski definition) is 1. The molecule has 0 aliphatic heterocycles. The van der Waals surface area contributed by atoms with Crippen molar-refractivity contribution >= 4 is 16.6 Å². The number of benzene rings is 2. The van der Waals surface area contributed by atoms with E-state index >= 15 is 0 Å². The van der Waals surface area contributed by atoms with Gasteiger partial charge in [-0.2, -0.15) is 0 Å². The van der Waals surface area contributed by atoms with Gasteiger partial charge in [0, 0.05) is 12.1 Å². The van der Waals surface area contributed by atoms with Crippen LogP contribution in [0.25, 0.3) is 10.9 Å². The summed E-state index contributed by atoms with van der Waals surface area (Å²) >= 11 is 0. The van der Waals surface area contributed by atoms with Crippen LogP contribution in [0.15, 0.2) is 46.0 Å². The summed E-state index contributed by atoms with van der Waals surface area (Å²) < 4.78 is 11.4.